The zero-order chi connectivity index (χ0) is 9.84. The summed E-state index contributed by atoms with van der Waals surface area (Å²) < 4.78 is 13.1. The van der Waals surface area contributed by atoms with Crippen LogP contribution in [0.2, 0.25) is 5.02 Å². The molecule has 0 fully saturated rings. The molecule has 0 saturated heterocycles. The van der Waals surface area contributed by atoms with Crippen LogP contribution in [-0.4, -0.2) is 12.3 Å². The lowest BCUT2D eigenvalue weighted by atomic mass is 10.1. The Kier molecular flexibility index (Phi) is 3.39. The van der Waals surface area contributed by atoms with E-state index in [2.05, 4.69) is 0 Å². The van der Waals surface area contributed by atoms with Gasteiger partial charge in [-0.25, -0.2) is 4.39 Å². The molecule has 13 heavy (non-hydrogen) atoms. The molecule has 0 amide bonds. The highest BCUT2D eigenvalue weighted by Crippen LogP contribution is 2.14. The van der Waals surface area contributed by atoms with Gasteiger partial charge in [0, 0.05) is 11.4 Å². The lowest BCUT2D eigenvalue weighted by Crippen LogP contribution is -2.16. The second-order valence-corrected chi connectivity index (χ2v) is 3.09. The molecular formula is C9H9ClFNO. The van der Waals surface area contributed by atoms with Crippen LogP contribution in [0.15, 0.2) is 18.2 Å². The van der Waals surface area contributed by atoms with Gasteiger partial charge in [0.15, 0.2) is 5.78 Å². The van der Waals surface area contributed by atoms with Crippen molar-refractivity contribution in [3.63, 3.8) is 0 Å². The summed E-state index contributed by atoms with van der Waals surface area (Å²) in [5.41, 5.74) is 5.43. The summed E-state index contributed by atoms with van der Waals surface area (Å²) >= 11 is 5.54. The molecule has 0 unspecified atom stereocenters. The highest BCUT2D eigenvalue weighted by molar-refractivity contribution is 6.30. The minimum Gasteiger partial charge on any atom is -0.324 e. The van der Waals surface area contributed by atoms with Crippen LogP contribution in [0.4, 0.5) is 4.39 Å². The summed E-state index contributed by atoms with van der Waals surface area (Å²) in [4.78, 5) is 10.9. The lowest BCUT2D eigenvalue weighted by Gasteiger charge is -2.01. The number of benzene rings is 1. The third kappa shape index (κ3) is 2.79. The molecular weight excluding hydrogens is 193 g/mol. The van der Waals surface area contributed by atoms with Crippen molar-refractivity contribution in [3.8, 4) is 0 Å². The second kappa shape index (κ2) is 4.35. The summed E-state index contributed by atoms with van der Waals surface area (Å²) in [5.74, 6) is -0.657. The number of hydrogen-bond donors (Lipinski definition) is 1. The van der Waals surface area contributed by atoms with Gasteiger partial charge in [0.2, 0.25) is 0 Å². The van der Waals surface area contributed by atoms with Crippen molar-refractivity contribution in [2.75, 3.05) is 6.54 Å². The Hall–Kier alpha value is -0.930. The maximum absolute atomic E-state index is 13.1. The first kappa shape index (κ1) is 10.2. The highest BCUT2D eigenvalue weighted by Gasteiger charge is 2.06. The molecule has 0 aliphatic carbocycles. The molecule has 2 N–H and O–H groups in total. The Bertz CT molecular complexity index is 327. The predicted molar refractivity (Wildman–Crippen MR) is 49.2 cm³/mol. The third-order valence-electron chi connectivity index (χ3n) is 1.63. The SMILES string of the molecule is NCC(=O)Cc1ccc(Cl)cc1F. The van der Waals surface area contributed by atoms with E-state index in [9.17, 15) is 9.18 Å². The molecule has 1 rings (SSSR count). The largest absolute Gasteiger partial charge is 0.324 e. The van der Waals surface area contributed by atoms with Crippen LogP contribution in [0.3, 0.4) is 0 Å². The van der Waals surface area contributed by atoms with E-state index in [1.807, 2.05) is 0 Å². The Balaban J connectivity index is 2.83. The molecule has 1 aromatic rings. The van der Waals surface area contributed by atoms with E-state index >= 15 is 0 Å². The topological polar surface area (TPSA) is 43.1 Å². The molecule has 0 atom stereocenters. The minimum absolute atomic E-state index is 0.0273. The van der Waals surface area contributed by atoms with E-state index in [4.69, 9.17) is 17.3 Å². The van der Waals surface area contributed by atoms with Gasteiger partial charge in [-0.2, -0.15) is 0 Å². The van der Waals surface area contributed by atoms with Gasteiger partial charge in [-0.1, -0.05) is 17.7 Å². The smallest absolute Gasteiger partial charge is 0.150 e. The molecule has 70 valence electrons. The van der Waals surface area contributed by atoms with Gasteiger partial charge in [0.1, 0.15) is 5.82 Å². The van der Waals surface area contributed by atoms with Gasteiger partial charge in [0.05, 0.1) is 6.54 Å². The van der Waals surface area contributed by atoms with Crippen LogP contribution in [-0.2, 0) is 11.2 Å². The van der Waals surface area contributed by atoms with Gasteiger partial charge < -0.3 is 5.73 Å². The van der Waals surface area contributed by atoms with Crippen molar-refractivity contribution < 1.29 is 9.18 Å². The Morgan fingerprint density at radius 3 is 2.77 bits per heavy atom. The van der Waals surface area contributed by atoms with Crippen LogP contribution >= 0.6 is 11.6 Å². The molecule has 0 aliphatic rings. The molecule has 1 aromatic carbocycles. The van der Waals surface area contributed by atoms with Gasteiger partial charge in [-0.15, -0.1) is 0 Å². The van der Waals surface area contributed by atoms with Crippen molar-refractivity contribution in [1.29, 1.82) is 0 Å². The van der Waals surface area contributed by atoms with Gasteiger partial charge in [-0.05, 0) is 17.7 Å². The number of rotatable bonds is 3. The fourth-order valence-corrected chi connectivity index (χ4v) is 1.11. The number of nitrogens with two attached hydrogens (primary N) is 1. The number of ketones is 1. The van der Waals surface area contributed by atoms with E-state index in [1.54, 1.807) is 6.07 Å². The molecule has 0 aliphatic heterocycles. The maximum Gasteiger partial charge on any atom is 0.150 e. The van der Waals surface area contributed by atoms with Gasteiger partial charge in [0.25, 0.3) is 0 Å². The Morgan fingerprint density at radius 1 is 1.54 bits per heavy atom. The Morgan fingerprint density at radius 2 is 2.23 bits per heavy atom. The van der Waals surface area contributed by atoms with Crippen molar-refractivity contribution in [2.24, 2.45) is 5.73 Å². The van der Waals surface area contributed by atoms with E-state index < -0.39 is 5.82 Å². The summed E-state index contributed by atoms with van der Waals surface area (Å²) in [6.07, 6.45) is 0.0273. The van der Waals surface area contributed by atoms with E-state index in [-0.39, 0.29) is 18.7 Å². The highest BCUT2D eigenvalue weighted by atomic mass is 35.5. The standard InChI is InChI=1S/C9H9ClFNO/c10-7-2-1-6(9(11)4-7)3-8(13)5-12/h1-2,4H,3,5,12H2. The maximum atomic E-state index is 13.1. The van der Waals surface area contributed by atoms with E-state index in [1.165, 1.54) is 12.1 Å². The van der Waals surface area contributed by atoms with Crippen molar-refractivity contribution in [2.45, 2.75) is 6.42 Å². The molecule has 0 spiro atoms. The fourth-order valence-electron chi connectivity index (χ4n) is 0.950. The predicted octanol–water partition coefficient (Wildman–Crippen LogP) is 1.55. The molecule has 0 saturated carbocycles. The van der Waals surface area contributed by atoms with Gasteiger partial charge >= 0.3 is 0 Å². The van der Waals surface area contributed by atoms with E-state index in [0.29, 0.717) is 10.6 Å². The molecule has 4 heteroatoms. The van der Waals surface area contributed by atoms with Gasteiger partial charge in [-0.3, -0.25) is 4.79 Å². The van der Waals surface area contributed by atoms with Crippen molar-refractivity contribution in [3.05, 3.63) is 34.6 Å². The minimum atomic E-state index is -0.464. The average molecular weight is 202 g/mol. The van der Waals surface area contributed by atoms with Crippen LogP contribution in [0.5, 0.6) is 0 Å². The number of Topliss-reactive ketones (excluding diaryl/α,β-unsaturated/α-hetero) is 1. The summed E-state index contributed by atoms with van der Waals surface area (Å²) in [5, 5.41) is 0.321. The molecule has 2 nitrogen and oxygen atoms in total. The number of carbonyl (C=O) groups excluding carboxylic acids is 1. The zero-order valence-electron chi connectivity index (χ0n) is 6.89. The third-order valence-corrected chi connectivity index (χ3v) is 1.87. The average Bonchev–Trinajstić information content (AvgIpc) is 2.09. The molecule has 0 heterocycles. The van der Waals surface area contributed by atoms with Crippen LogP contribution in [0.1, 0.15) is 5.56 Å². The first-order chi connectivity index (χ1) is 6.13. The van der Waals surface area contributed by atoms with Crippen LogP contribution < -0.4 is 5.73 Å². The fraction of sp³-hybridized carbons (Fsp3) is 0.222. The Labute approximate surface area is 80.5 Å². The van der Waals surface area contributed by atoms with E-state index in [0.717, 1.165) is 0 Å². The van der Waals surface area contributed by atoms with Crippen LogP contribution in [0, 0.1) is 5.82 Å². The van der Waals surface area contributed by atoms with Crippen molar-refractivity contribution >= 4 is 17.4 Å². The summed E-state index contributed by atoms with van der Waals surface area (Å²) in [6.45, 7) is -0.0674. The number of hydrogen-bond acceptors (Lipinski definition) is 2. The zero-order valence-corrected chi connectivity index (χ0v) is 7.64. The quantitative estimate of drug-likeness (QED) is 0.807. The lowest BCUT2D eigenvalue weighted by molar-refractivity contribution is -0.117. The molecule has 0 aromatic heterocycles. The molecule has 0 bridgehead atoms. The normalized spacial score (nSPS) is 10.1. The van der Waals surface area contributed by atoms with Crippen molar-refractivity contribution in [1.82, 2.24) is 0 Å². The first-order valence-electron chi connectivity index (χ1n) is 3.79. The number of carbonyl (C=O) groups is 1. The monoisotopic (exact) mass is 201 g/mol. The first-order valence-corrected chi connectivity index (χ1v) is 4.17. The molecule has 0 radical (unpaired) electrons. The second-order valence-electron chi connectivity index (χ2n) is 2.66. The van der Waals surface area contributed by atoms with Crippen LogP contribution in [0.25, 0.3) is 0 Å². The summed E-state index contributed by atoms with van der Waals surface area (Å²) in [7, 11) is 0. The number of halogens is 2. The summed E-state index contributed by atoms with van der Waals surface area (Å²) in [6, 6.07) is 4.22.